The summed E-state index contributed by atoms with van der Waals surface area (Å²) in [6.45, 7) is 0. The third kappa shape index (κ3) is 3.64. The van der Waals surface area contributed by atoms with Gasteiger partial charge in [-0.15, -0.1) is 0 Å². The number of carbonyl (C=O) groups excluding carboxylic acids is 1. The summed E-state index contributed by atoms with van der Waals surface area (Å²) in [4.78, 5) is 23.4. The fourth-order valence-corrected chi connectivity index (χ4v) is 2.95. The average molecular weight is 303 g/mol. The second-order valence-corrected chi connectivity index (χ2v) is 6.09. The number of benzene rings is 1. The van der Waals surface area contributed by atoms with E-state index in [0.29, 0.717) is 12.0 Å². The van der Waals surface area contributed by atoms with Gasteiger partial charge in [-0.3, -0.25) is 15.0 Å². The van der Waals surface area contributed by atoms with Gasteiger partial charge >= 0.3 is 5.97 Å². The van der Waals surface area contributed by atoms with Crippen molar-refractivity contribution in [2.45, 2.75) is 43.8 Å². The van der Waals surface area contributed by atoms with Gasteiger partial charge in [-0.2, -0.15) is 0 Å². The molecule has 1 aliphatic carbocycles. The number of hydrazine groups is 1. The number of rotatable bonds is 6. The number of aliphatic carboxylic acids is 1. The van der Waals surface area contributed by atoms with Crippen LogP contribution >= 0.6 is 0 Å². The Labute approximate surface area is 129 Å². The van der Waals surface area contributed by atoms with Gasteiger partial charge in [0.25, 0.3) is 0 Å². The summed E-state index contributed by atoms with van der Waals surface area (Å²) in [5.41, 5.74) is 7.01. The molecular weight excluding hydrogens is 282 g/mol. The molecule has 1 aliphatic heterocycles. The van der Waals surface area contributed by atoms with Gasteiger partial charge in [-0.1, -0.05) is 30.3 Å². The summed E-state index contributed by atoms with van der Waals surface area (Å²) in [6.07, 6.45) is 3.08. The largest absolute Gasteiger partial charge is 0.481 e. The Morgan fingerprint density at radius 1 is 1.23 bits per heavy atom. The molecule has 0 bridgehead atoms. The lowest BCUT2D eigenvalue weighted by Crippen LogP contribution is -2.45. The fourth-order valence-electron chi connectivity index (χ4n) is 2.95. The standard InChI is InChI=1S/C16H21N3O3/c20-15(21)9-12(10-4-2-1-3-5-10)17-16(22)14-8-13(18-19-14)11-6-7-11/h1-5,11-14,18-19H,6-9H2,(H,17,22)(H,20,21). The minimum Gasteiger partial charge on any atom is -0.481 e. The second-order valence-electron chi connectivity index (χ2n) is 6.09. The number of nitrogens with one attached hydrogen (secondary N) is 3. The lowest BCUT2D eigenvalue weighted by Gasteiger charge is -2.19. The van der Waals surface area contributed by atoms with Crippen LogP contribution in [0.3, 0.4) is 0 Å². The predicted molar refractivity (Wildman–Crippen MR) is 80.8 cm³/mol. The second kappa shape index (κ2) is 6.46. The highest BCUT2D eigenvalue weighted by Crippen LogP contribution is 2.35. The maximum absolute atomic E-state index is 12.4. The number of hydrogen-bond acceptors (Lipinski definition) is 4. The Hall–Kier alpha value is -1.92. The van der Waals surface area contributed by atoms with Crippen molar-refractivity contribution >= 4 is 11.9 Å². The molecule has 6 nitrogen and oxygen atoms in total. The Morgan fingerprint density at radius 2 is 1.95 bits per heavy atom. The van der Waals surface area contributed by atoms with E-state index in [9.17, 15) is 9.59 Å². The summed E-state index contributed by atoms with van der Waals surface area (Å²) in [6, 6.07) is 8.77. The van der Waals surface area contributed by atoms with Crippen LogP contribution in [0.1, 0.15) is 37.3 Å². The molecule has 2 aliphatic rings. The summed E-state index contributed by atoms with van der Waals surface area (Å²) in [5.74, 6) is -0.400. The topological polar surface area (TPSA) is 90.5 Å². The molecule has 1 heterocycles. The first-order chi connectivity index (χ1) is 10.6. The van der Waals surface area contributed by atoms with Crippen molar-refractivity contribution in [3.05, 3.63) is 35.9 Å². The zero-order chi connectivity index (χ0) is 15.5. The van der Waals surface area contributed by atoms with Crippen LogP contribution in [0.15, 0.2) is 30.3 Å². The first-order valence-corrected chi connectivity index (χ1v) is 7.71. The van der Waals surface area contributed by atoms with Crippen molar-refractivity contribution < 1.29 is 14.7 Å². The Kier molecular flexibility index (Phi) is 4.40. The Bertz CT molecular complexity index is 545. The van der Waals surface area contributed by atoms with Crippen molar-refractivity contribution in [2.75, 3.05) is 0 Å². The lowest BCUT2D eigenvalue weighted by atomic mass is 10.0. The molecular formula is C16H21N3O3. The van der Waals surface area contributed by atoms with Crippen LogP contribution in [-0.2, 0) is 9.59 Å². The molecule has 3 unspecified atom stereocenters. The van der Waals surface area contributed by atoms with Gasteiger partial charge in [0.15, 0.2) is 0 Å². The van der Waals surface area contributed by atoms with E-state index in [2.05, 4.69) is 16.2 Å². The molecule has 22 heavy (non-hydrogen) atoms. The Balaban J connectivity index is 1.62. The van der Waals surface area contributed by atoms with E-state index in [1.807, 2.05) is 30.3 Å². The quantitative estimate of drug-likeness (QED) is 0.628. The van der Waals surface area contributed by atoms with Gasteiger partial charge < -0.3 is 10.4 Å². The molecule has 3 atom stereocenters. The normalized spacial score (nSPS) is 25.6. The molecule has 2 fully saturated rings. The summed E-state index contributed by atoms with van der Waals surface area (Å²) < 4.78 is 0. The minimum absolute atomic E-state index is 0.123. The number of amides is 1. The summed E-state index contributed by atoms with van der Waals surface area (Å²) in [7, 11) is 0. The maximum atomic E-state index is 12.4. The first-order valence-electron chi connectivity index (χ1n) is 7.71. The molecule has 1 aromatic rings. The molecule has 0 radical (unpaired) electrons. The monoisotopic (exact) mass is 303 g/mol. The van der Waals surface area contributed by atoms with Crippen molar-refractivity contribution in [3.8, 4) is 0 Å². The first kappa shape index (κ1) is 15.0. The lowest BCUT2D eigenvalue weighted by molar-refractivity contribution is -0.137. The van der Waals surface area contributed by atoms with E-state index in [4.69, 9.17) is 5.11 Å². The smallest absolute Gasteiger partial charge is 0.305 e. The molecule has 1 amide bonds. The molecule has 1 saturated carbocycles. The number of carbonyl (C=O) groups is 2. The minimum atomic E-state index is -0.928. The predicted octanol–water partition coefficient (Wildman–Crippen LogP) is 0.964. The van der Waals surface area contributed by atoms with Gasteiger partial charge in [0.1, 0.15) is 6.04 Å². The van der Waals surface area contributed by atoms with Crippen LogP contribution < -0.4 is 16.2 Å². The summed E-state index contributed by atoms with van der Waals surface area (Å²) >= 11 is 0. The number of carboxylic acid groups (broad SMARTS) is 1. The highest BCUT2D eigenvalue weighted by molar-refractivity contribution is 5.83. The highest BCUT2D eigenvalue weighted by Gasteiger charge is 2.39. The van der Waals surface area contributed by atoms with Crippen LogP contribution in [0.4, 0.5) is 0 Å². The Morgan fingerprint density at radius 3 is 2.59 bits per heavy atom. The zero-order valence-corrected chi connectivity index (χ0v) is 12.3. The third-order valence-electron chi connectivity index (χ3n) is 4.34. The van der Waals surface area contributed by atoms with Crippen LogP contribution in [0.5, 0.6) is 0 Å². The average Bonchev–Trinajstić information content (AvgIpc) is 3.24. The van der Waals surface area contributed by atoms with Gasteiger partial charge in [0.05, 0.1) is 12.5 Å². The zero-order valence-electron chi connectivity index (χ0n) is 12.3. The van der Waals surface area contributed by atoms with Gasteiger partial charge in [-0.05, 0) is 30.7 Å². The number of carboxylic acids is 1. The van der Waals surface area contributed by atoms with Crippen LogP contribution in [-0.4, -0.2) is 29.1 Å². The van der Waals surface area contributed by atoms with E-state index in [0.717, 1.165) is 12.0 Å². The van der Waals surface area contributed by atoms with Gasteiger partial charge in [0.2, 0.25) is 5.91 Å². The van der Waals surface area contributed by atoms with E-state index in [1.54, 1.807) is 0 Å². The molecule has 3 rings (SSSR count). The molecule has 0 spiro atoms. The van der Waals surface area contributed by atoms with Crippen molar-refractivity contribution in [1.29, 1.82) is 0 Å². The van der Waals surface area contributed by atoms with Crippen molar-refractivity contribution in [1.82, 2.24) is 16.2 Å². The highest BCUT2D eigenvalue weighted by atomic mass is 16.4. The van der Waals surface area contributed by atoms with Gasteiger partial charge in [-0.25, -0.2) is 5.43 Å². The van der Waals surface area contributed by atoms with Crippen LogP contribution in [0, 0.1) is 5.92 Å². The van der Waals surface area contributed by atoms with Crippen molar-refractivity contribution in [3.63, 3.8) is 0 Å². The van der Waals surface area contributed by atoms with E-state index in [-0.39, 0.29) is 18.4 Å². The third-order valence-corrected chi connectivity index (χ3v) is 4.34. The number of hydrogen-bond donors (Lipinski definition) is 4. The van der Waals surface area contributed by atoms with Crippen LogP contribution in [0.25, 0.3) is 0 Å². The molecule has 4 N–H and O–H groups in total. The SMILES string of the molecule is O=C(O)CC(NC(=O)C1CC(C2CC2)NN1)c1ccccc1. The summed E-state index contributed by atoms with van der Waals surface area (Å²) in [5, 5.41) is 11.9. The molecule has 118 valence electrons. The maximum Gasteiger partial charge on any atom is 0.305 e. The fraction of sp³-hybridized carbons (Fsp3) is 0.500. The molecule has 1 aromatic carbocycles. The molecule has 6 heteroatoms. The van der Waals surface area contributed by atoms with Crippen LogP contribution in [0.2, 0.25) is 0 Å². The van der Waals surface area contributed by atoms with E-state index in [1.165, 1.54) is 12.8 Å². The van der Waals surface area contributed by atoms with E-state index < -0.39 is 12.0 Å². The molecule has 0 aromatic heterocycles. The van der Waals surface area contributed by atoms with E-state index >= 15 is 0 Å². The van der Waals surface area contributed by atoms with Crippen molar-refractivity contribution in [2.24, 2.45) is 5.92 Å². The van der Waals surface area contributed by atoms with Gasteiger partial charge in [0, 0.05) is 6.04 Å². The molecule has 1 saturated heterocycles.